The van der Waals surface area contributed by atoms with Crippen LogP contribution in [0.3, 0.4) is 0 Å². The Hall–Kier alpha value is -8.02. The number of carbonyl (C=O) groups is 9. The van der Waals surface area contributed by atoms with Crippen molar-refractivity contribution in [2.24, 2.45) is 22.2 Å². The van der Waals surface area contributed by atoms with Crippen LogP contribution in [0.25, 0.3) is 10.9 Å². The summed E-state index contributed by atoms with van der Waals surface area (Å²) >= 11 is 6.21. The molecule has 16 N–H and O–H groups in total. The van der Waals surface area contributed by atoms with Crippen molar-refractivity contribution in [3.8, 4) is 0 Å². The van der Waals surface area contributed by atoms with Gasteiger partial charge in [-0.05, 0) is 67.9 Å². The van der Waals surface area contributed by atoms with Crippen LogP contribution in [0, 0.1) is 0 Å². The molecule has 1 fully saturated rings. The van der Waals surface area contributed by atoms with Crippen molar-refractivity contribution in [2.75, 3.05) is 13.1 Å². The lowest BCUT2D eigenvalue weighted by Crippen LogP contribution is -2.61. The maximum atomic E-state index is 14.7. The first kappa shape index (κ1) is 57.9. The zero-order chi connectivity index (χ0) is 54.4. The highest BCUT2D eigenvalue weighted by molar-refractivity contribution is 6.30. The summed E-state index contributed by atoms with van der Waals surface area (Å²) < 4.78 is 0. The lowest BCUT2D eigenvalue weighted by molar-refractivity contribution is -0.136. The molecule has 1 unspecified atom stereocenters. The zero-order valence-electron chi connectivity index (χ0n) is 42.0. The van der Waals surface area contributed by atoms with Gasteiger partial charge in [-0.3, -0.25) is 48.1 Å². The summed E-state index contributed by atoms with van der Waals surface area (Å²) in [4.78, 5) is 139. The van der Waals surface area contributed by atoms with Crippen molar-refractivity contribution in [1.29, 1.82) is 0 Å². The van der Waals surface area contributed by atoms with E-state index in [1.54, 1.807) is 30.5 Å². The Morgan fingerprint density at radius 3 is 2.11 bits per heavy atom. The number of rotatable bonds is 17. The number of fused-ring (bicyclic) bond motifs is 1. The molecule has 0 spiro atoms. The summed E-state index contributed by atoms with van der Waals surface area (Å²) in [6.07, 6.45) is 5.52. The van der Waals surface area contributed by atoms with E-state index < -0.39 is 102 Å². The second-order valence-electron chi connectivity index (χ2n) is 18.3. The monoisotopic (exact) mass is 1060 g/mol. The van der Waals surface area contributed by atoms with Crippen LogP contribution < -0.4 is 59.7 Å². The highest BCUT2D eigenvalue weighted by atomic mass is 35.5. The molecule has 24 nitrogen and oxygen atoms in total. The molecule has 0 bridgehead atoms. The molecule has 0 radical (unpaired) electrons. The summed E-state index contributed by atoms with van der Waals surface area (Å²) in [5, 5.41) is 22.7. The number of hydrogen-bond acceptors (Lipinski definition) is 11. The fourth-order valence-corrected chi connectivity index (χ4v) is 8.53. The minimum absolute atomic E-state index is 0.0330. The number of amides is 9. The molecule has 2 aromatic heterocycles. The van der Waals surface area contributed by atoms with E-state index in [4.69, 9.17) is 28.8 Å². The number of aromatic amines is 2. The van der Waals surface area contributed by atoms with Gasteiger partial charge in [0, 0.05) is 73.3 Å². The first-order chi connectivity index (χ1) is 35.9. The third-order valence-corrected chi connectivity index (χ3v) is 12.6. The van der Waals surface area contributed by atoms with E-state index in [9.17, 15) is 43.2 Å². The highest BCUT2D eigenvalue weighted by Gasteiger charge is 2.35. The maximum absolute atomic E-state index is 14.7. The molecular formula is C50H68ClN15O9. The largest absolute Gasteiger partial charge is 0.370 e. The highest BCUT2D eigenvalue weighted by Crippen LogP contribution is 2.20. The first-order valence-electron chi connectivity index (χ1n) is 24.9. The third kappa shape index (κ3) is 18.8. The van der Waals surface area contributed by atoms with Crippen molar-refractivity contribution in [2.45, 2.75) is 133 Å². The van der Waals surface area contributed by atoms with Gasteiger partial charge in [-0.1, -0.05) is 61.7 Å². The van der Waals surface area contributed by atoms with Crippen molar-refractivity contribution >= 4 is 81.6 Å². The van der Waals surface area contributed by atoms with Crippen LogP contribution >= 0.6 is 11.6 Å². The van der Waals surface area contributed by atoms with Gasteiger partial charge in [0.15, 0.2) is 5.96 Å². The van der Waals surface area contributed by atoms with E-state index in [0.29, 0.717) is 34.7 Å². The second kappa shape index (κ2) is 29.0. The number of nitrogens with one attached hydrogen (secondary N) is 10. The number of nitrogens with two attached hydrogens (primary N) is 3. The number of benzene rings is 2. The van der Waals surface area contributed by atoms with Crippen LogP contribution in [0.1, 0.15) is 88.5 Å². The number of guanidine groups is 1. The molecule has 7 atom stereocenters. The number of aromatic nitrogens is 3. The number of carbonyl (C=O) groups excluding carboxylic acids is 9. The molecule has 4 aromatic rings. The summed E-state index contributed by atoms with van der Waals surface area (Å²) in [5.41, 5.74) is 19.3. The zero-order valence-corrected chi connectivity index (χ0v) is 42.7. The smallest absolute Gasteiger partial charge is 0.243 e. The van der Waals surface area contributed by atoms with Crippen molar-refractivity contribution in [1.82, 2.24) is 57.5 Å². The van der Waals surface area contributed by atoms with Crippen LogP contribution in [-0.2, 0) is 62.4 Å². The van der Waals surface area contributed by atoms with Crippen LogP contribution in [0.15, 0.2) is 72.2 Å². The van der Waals surface area contributed by atoms with Gasteiger partial charge in [0.2, 0.25) is 53.2 Å². The first-order valence-corrected chi connectivity index (χ1v) is 25.3. The summed E-state index contributed by atoms with van der Waals surface area (Å²) in [6, 6.07) is 4.25. The quantitative estimate of drug-likeness (QED) is 0.0359. The Morgan fingerprint density at radius 1 is 0.787 bits per heavy atom. The van der Waals surface area contributed by atoms with Crippen LogP contribution in [0.4, 0.5) is 0 Å². The number of para-hydroxylation sites is 1. The second-order valence-corrected chi connectivity index (χ2v) is 18.8. The van der Waals surface area contributed by atoms with Gasteiger partial charge in [-0.15, -0.1) is 0 Å². The number of H-pyrrole nitrogens is 2. The SMILES string of the molecule is CCCC[C@H](NC(C)=O)C(=O)N[C@H]1CC(=O)NCCCC[C@@H](C(N)=O)NC(=O)[C@H](Cc2c[nH]c3ccccc23)NC(=O)C(CCCN=C(N)N)NC(=O)[C@@H](Cc2ccc(Cl)cc2)NC(=O)[C@H](Cc2cnc[nH]2)NC1=O. The average molecular weight is 1060 g/mol. The van der Waals surface area contributed by atoms with Gasteiger partial charge in [0.05, 0.1) is 12.7 Å². The number of primary amides is 1. The molecule has 1 saturated heterocycles. The Labute approximate surface area is 438 Å². The minimum Gasteiger partial charge on any atom is -0.370 e. The predicted octanol–water partition coefficient (Wildman–Crippen LogP) is -0.595. The number of imidazole rings is 1. The summed E-state index contributed by atoms with van der Waals surface area (Å²) in [6.45, 7) is 3.23. The Morgan fingerprint density at radius 2 is 1.44 bits per heavy atom. The van der Waals surface area contributed by atoms with Crippen molar-refractivity contribution in [3.05, 3.63) is 89.1 Å². The molecule has 2 aromatic carbocycles. The number of halogens is 1. The molecule has 9 amide bonds. The Bertz CT molecular complexity index is 2640. The normalized spacial score (nSPS) is 21.2. The predicted molar refractivity (Wildman–Crippen MR) is 279 cm³/mol. The molecule has 0 aliphatic carbocycles. The fourth-order valence-electron chi connectivity index (χ4n) is 8.40. The van der Waals surface area contributed by atoms with Crippen molar-refractivity contribution in [3.63, 3.8) is 0 Å². The van der Waals surface area contributed by atoms with Crippen LogP contribution in [-0.4, -0.2) is 129 Å². The molecular weight excluding hydrogens is 990 g/mol. The standard InChI is InChI=1S/C50H68ClN15O9/c1-3-4-11-36(60-28(2)67)44(70)66-41-24-42(68)56-19-8-7-13-35(43(52)69)61-47(73)39(22-30-25-58-34-12-6-5-10-33(30)34)64-45(71)37(14-9-20-57-50(53)54)62-46(72)38(21-29-15-17-31(51)18-16-29)63-48(74)40(65-49(41)75)23-32-26-55-27-59-32/h5-6,10,12,15-18,25-27,35-41,58H,3-4,7-9,11,13-14,19-24H2,1-2H3,(H2,52,69)(H,55,59)(H,56,68)(H,60,67)(H,61,73)(H,62,72)(H,63,74)(H,64,71)(H,65,75)(H,66,70)(H4,53,54,57)/t35-,36-,37?,38+,39-,40-,41-/m0/s1. The van der Waals surface area contributed by atoms with Gasteiger partial charge in [-0.25, -0.2) is 4.98 Å². The fraction of sp³-hybridized carbons (Fsp3) is 0.460. The van der Waals surface area contributed by atoms with Crippen LogP contribution in [0.2, 0.25) is 5.02 Å². The van der Waals surface area contributed by atoms with Gasteiger partial charge in [-0.2, -0.15) is 0 Å². The number of aliphatic imine (C=N–C) groups is 1. The van der Waals surface area contributed by atoms with E-state index >= 15 is 0 Å². The van der Waals surface area contributed by atoms with Crippen molar-refractivity contribution < 1.29 is 43.2 Å². The Balaban J connectivity index is 1.56. The minimum atomic E-state index is -1.59. The van der Waals surface area contributed by atoms with E-state index in [0.717, 1.165) is 10.9 Å². The molecule has 0 saturated carbocycles. The molecule has 404 valence electrons. The molecule has 1 aliphatic rings. The summed E-state index contributed by atoms with van der Waals surface area (Å²) in [5.74, 6) is -7.24. The number of nitrogens with zero attached hydrogens (tertiary/aromatic N) is 2. The lowest BCUT2D eigenvalue weighted by Gasteiger charge is -2.28. The van der Waals surface area contributed by atoms with Gasteiger partial charge in [0.25, 0.3) is 0 Å². The summed E-state index contributed by atoms with van der Waals surface area (Å²) in [7, 11) is 0. The molecule has 5 rings (SSSR count). The van der Waals surface area contributed by atoms with Gasteiger partial charge < -0.3 is 69.7 Å². The molecule has 25 heteroatoms. The topological polar surface area (TPSA) is 385 Å². The molecule has 3 heterocycles. The lowest BCUT2D eigenvalue weighted by atomic mass is 10.0. The van der Waals surface area contributed by atoms with E-state index in [2.05, 4.69) is 62.5 Å². The van der Waals surface area contributed by atoms with E-state index in [1.807, 2.05) is 31.2 Å². The third-order valence-electron chi connectivity index (χ3n) is 12.4. The molecule has 1 aliphatic heterocycles. The van der Waals surface area contributed by atoms with Crippen LogP contribution in [0.5, 0.6) is 0 Å². The van der Waals surface area contributed by atoms with Gasteiger partial charge >= 0.3 is 0 Å². The number of unbranched alkanes of at least 4 members (excludes halogenated alkanes) is 1. The van der Waals surface area contributed by atoms with Gasteiger partial charge in [0.1, 0.15) is 42.3 Å². The number of hydrogen-bond donors (Lipinski definition) is 13. The average Bonchev–Trinajstić information content (AvgIpc) is 4.04. The van der Waals surface area contributed by atoms with E-state index in [1.165, 1.54) is 19.4 Å². The Kier molecular flexibility index (Phi) is 22.4. The molecule has 75 heavy (non-hydrogen) atoms. The maximum Gasteiger partial charge on any atom is 0.243 e. The van der Waals surface area contributed by atoms with E-state index in [-0.39, 0.29) is 76.8 Å².